The number of rotatable bonds is 1. The SMILES string of the molecule is Nc1nccnc1-c1ncn[nH]1. The van der Waals surface area contributed by atoms with Gasteiger partial charge in [0.2, 0.25) is 0 Å². The number of hydrogen-bond donors (Lipinski definition) is 2. The van der Waals surface area contributed by atoms with Crippen molar-refractivity contribution < 1.29 is 0 Å². The van der Waals surface area contributed by atoms with Crippen LogP contribution in [0.25, 0.3) is 11.5 Å². The molecule has 0 aromatic carbocycles. The smallest absolute Gasteiger partial charge is 0.177 e. The first kappa shape index (κ1) is 6.71. The van der Waals surface area contributed by atoms with Crippen molar-refractivity contribution in [1.82, 2.24) is 25.1 Å². The summed E-state index contributed by atoms with van der Waals surface area (Å²) in [5, 5.41) is 6.33. The van der Waals surface area contributed by atoms with Gasteiger partial charge in [-0.25, -0.2) is 15.0 Å². The van der Waals surface area contributed by atoms with Crippen LogP contribution in [0.3, 0.4) is 0 Å². The standard InChI is InChI=1S/C6H6N6/c7-5-4(8-1-2-9-5)6-10-3-11-12-6/h1-3H,(H2,7,9)(H,10,11,12). The lowest BCUT2D eigenvalue weighted by atomic mass is 10.4. The van der Waals surface area contributed by atoms with Crippen LogP contribution in [0.4, 0.5) is 5.82 Å². The molecule has 6 nitrogen and oxygen atoms in total. The predicted octanol–water partition coefficient (Wildman–Crippen LogP) is -0.156. The van der Waals surface area contributed by atoms with Crippen molar-refractivity contribution >= 4 is 5.82 Å². The van der Waals surface area contributed by atoms with Crippen LogP contribution in [0.15, 0.2) is 18.7 Å². The van der Waals surface area contributed by atoms with Gasteiger partial charge in [0.25, 0.3) is 0 Å². The van der Waals surface area contributed by atoms with Gasteiger partial charge >= 0.3 is 0 Å². The first-order chi connectivity index (χ1) is 5.88. The molecule has 2 aromatic rings. The highest BCUT2D eigenvalue weighted by atomic mass is 15.2. The van der Waals surface area contributed by atoms with E-state index in [1.807, 2.05) is 0 Å². The fraction of sp³-hybridized carbons (Fsp3) is 0. The Hall–Kier alpha value is -1.98. The molecule has 0 radical (unpaired) electrons. The summed E-state index contributed by atoms with van der Waals surface area (Å²) in [6.07, 6.45) is 4.47. The maximum Gasteiger partial charge on any atom is 0.177 e. The Kier molecular flexibility index (Phi) is 1.44. The highest BCUT2D eigenvalue weighted by Crippen LogP contribution is 2.14. The number of H-pyrrole nitrogens is 1. The summed E-state index contributed by atoms with van der Waals surface area (Å²) in [5.41, 5.74) is 6.07. The molecule has 2 rings (SSSR count). The van der Waals surface area contributed by atoms with Crippen molar-refractivity contribution in [2.75, 3.05) is 5.73 Å². The van der Waals surface area contributed by atoms with Crippen LogP contribution >= 0.6 is 0 Å². The van der Waals surface area contributed by atoms with Gasteiger partial charge < -0.3 is 5.73 Å². The average molecular weight is 162 g/mol. The minimum absolute atomic E-state index is 0.342. The van der Waals surface area contributed by atoms with E-state index < -0.39 is 0 Å². The summed E-state index contributed by atoms with van der Waals surface area (Å²) < 4.78 is 0. The quantitative estimate of drug-likeness (QED) is 0.607. The van der Waals surface area contributed by atoms with Crippen molar-refractivity contribution in [3.63, 3.8) is 0 Å². The zero-order chi connectivity index (χ0) is 8.39. The molecule has 0 aliphatic rings. The molecular formula is C6H6N6. The van der Waals surface area contributed by atoms with Crippen molar-refractivity contribution in [2.45, 2.75) is 0 Å². The number of aromatic nitrogens is 5. The molecule has 0 fully saturated rings. The third-order valence-electron chi connectivity index (χ3n) is 1.37. The molecular weight excluding hydrogens is 156 g/mol. The van der Waals surface area contributed by atoms with E-state index >= 15 is 0 Å². The lowest BCUT2D eigenvalue weighted by Gasteiger charge is -1.96. The Morgan fingerprint density at radius 1 is 1.17 bits per heavy atom. The van der Waals surface area contributed by atoms with E-state index in [4.69, 9.17) is 5.73 Å². The minimum atomic E-state index is 0.342. The summed E-state index contributed by atoms with van der Waals surface area (Å²) in [6, 6.07) is 0. The first-order valence-corrected chi connectivity index (χ1v) is 3.30. The summed E-state index contributed by atoms with van der Waals surface area (Å²) >= 11 is 0. The van der Waals surface area contributed by atoms with Crippen molar-refractivity contribution in [2.24, 2.45) is 0 Å². The fourth-order valence-corrected chi connectivity index (χ4v) is 0.851. The Bertz CT molecular complexity index is 367. The molecule has 0 aliphatic carbocycles. The van der Waals surface area contributed by atoms with Gasteiger partial charge in [-0.15, -0.1) is 0 Å². The number of anilines is 1. The van der Waals surface area contributed by atoms with Crippen LogP contribution in [0.1, 0.15) is 0 Å². The molecule has 2 heterocycles. The van der Waals surface area contributed by atoms with Gasteiger partial charge in [0, 0.05) is 12.4 Å². The van der Waals surface area contributed by atoms with Gasteiger partial charge in [-0.1, -0.05) is 0 Å². The van der Waals surface area contributed by atoms with Gasteiger partial charge in [0.1, 0.15) is 12.0 Å². The number of nitrogen functional groups attached to an aromatic ring is 1. The molecule has 2 aromatic heterocycles. The second-order valence-electron chi connectivity index (χ2n) is 2.12. The predicted molar refractivity (Wildman–Crippen MR) is 41.8 cm³/mol. The van der Waals surface area contributed by atoms with Gasteiger partial charge in [-0.2, -0.15) is 5.10 Å². The number of hydrogen-bond acceptors (Lipinski definition) is 5. The maximum atomic E-state index is 5.55. The van der Waals surface area contributed by atoms with Crippen LogP contribution in [0.2, 0.25) is 0 Å². The topological polar surface area (TPSA) is 93.4 Å². The fourth-order valence-electron chi connectivity index (χ4n) is 0.851. The van der Waals surface area contributed by atoms with E-state index in [1.165, 1.54) is 12.5 Å². The van der Waals surface area contributed by atoms with Crippen molar-refractivity contribution in [3.8, 4) is 11.5 Å². The molecule has 12 heavy (non-hydrogen) atoms. The molecule has 0 spiro atoms. The highest BCUT2D eigenvalue weighted by Gasteiger charge is 2.05. The van der Waals surface area contributed by atoms with E-state index in [-0.39, 0.29) is 0 Å². The molecule has 0 unspecified atom stereocenters. The largest absolute Gasteiger partial charge is 0.382 e. The number of nitrogens with one attached hydrogen (secondary N) is 1. The Morgan fingerprint density at radius 3 is 2.67 bits per heavy atom. The number of aromatic amines is 1. The van der Waals surface area contributed by atoms with Crippen molar-refractivity contribution in [1.29, 1.82) is 0 Å². The van der Waals surface area contributed by atoms with E-state index in [0.29, 0.717) is 17.3 Å². The lowest BCUT2D eigenvalue weighted by Crippen LogP contribution is -1.96. The van der Waals surface area contributed by atoms with E-state index in [9.17, 15) is 0 Å². The molecule has 60 valence electrons. The van der Waals surface area contributed by atoms with Gasteiger partial charge in [-0.3, -0.25) is 5.10 Å². The van der Waals surface area contributed by atoms with Crippen molar-refractivity contribution in [3.05, 3.63) is 18.7 Å². The summed E-state index contributed by atoms with van der Waals surface area (Å²) in [6.45, 7) is 0. The summed E-state index contributed by atoms with van der Waals surface area (Å²) in [7, 11) is 0. The Labute approximate surface area is 67.9 Å². The monoisotopic (exact) mass is 162 g/mol. The molecule has 6 heteroatoms. The summed E-state index contributed by atoms with van der Waals surface area (Å²) in [5.74, 6) is 0.870. The zero-order valence-electron chi connectivity index (χ0n) is 6.10. The summed E-state index contributed by atoms with van der Waals surface area (Å²) in [4.78, 5) is 11.8. The lowest BCUT2D eigenvalue weighted by molar-refractivity contribution is 1.08. The molecule has 0 saturated heterocycles. The second-order valence-corrected chi connectivity index (χ2v) is 2.12. The average Bonchev–Trinajstić information content (AvgIpc) is 2.57. The first-order valence-electron chi connectivity index (χ1n) is 3.30. The second kappa shape index (κ2) is 2.57. The van der Waals surface area contributed by atoms with Gasteiger partial charge in [-0.05, 0) is 0 Å². The maximum absolute atomic E-state index is 5.55. The molecule has 0 amide bonds. The minimum Gasteiger partial charge on any atom is -0.382 e. The molecule has 0 saturated carbocycles. The van der Waals surface area contributed by atoms with Crippen LogP contribution in [-0.2, 0) is 0 Å². The van der Waals surface area contributed by atoms with E-state index in [1.54, 1.807) is 6.20 Å². The molecule has 0 bridgehead atoms. The van der Waals surface area contributed by atoms with E-state index in [0.717, 1.165) is 0 Å². The molecule has 3 N–H and O–H groups in total. The van der Waals surface area contributed by atoms with Crippen LogP contribution in [-0.4, -0.2) is 25.1 Å². The van der Waals surface area contributed by atoms with Crippen LogP contribution in [0.5, 0.6) is 0 Å². The van der Waals surface area contributed by atoms with Crippen LogP contribution < -0.4 is 5.73 Å². The third kappa shape index (κ3) is 0.986. The third-order valence-corrected chi connectivity index (χ3v) is 1.37. The van der Waals surface area contributed by atoms with E-state index in [2.05, 4.69) is 25.1 Å². The number of nitrogens with zero attached hydrogens (tertiary/aromatic N) is 4. The normalized spacial score (nSPS) is 10.0. The highest BCUT2D eigenvalue weighted by molar-refractivity contribution is 5.62. The van der Waals surface area contributed by atoms with Gasteiger partial charge in [0.05, 0.1) is 0 Å². The molecule has 0 aliphatic heterocycles. The Morgan fingerprint density at radius 2 is 2.00 bits per heavy atom. The van der Waals surface area contributed by atoms with Gasteiger partial charge in [0.15, 0.2) is 11.6 Å². The molecule has 0 atom stereocenters. The van der Waals surface area contributed by atoms with Crippen LogP contribution in [0, 0.1) is 0 Å². The number of nitrogens with two attached hydrogens (primary N) is 1. The Balaban J connectivity index is 2.55. The zero-order valence-corrected chi connectivity index (χ0v) is 6.10.